The molecule has 122 valence electrons. The zero-order valence-electron chi connectivity index (χ0n) is 13.6. The number of carboxylic acids is 1. The van der Waals surface area contributed by atoms with Gasteiger partial charge in [-0.05, 0) is 29.9 Å². The Kier molecular flexibility index (Phi) is 7.43. The van der Waals surface area contributed by atoms with Crippen molar-refractivity contribution in [2.45, 2.75) is 52.4 Å². The molecule has 0 radical (unpaired) electrons. The highest BCUT2D eigenvalue weighted by Gasteiger charge is 2.13. The number of carboxylic acid groups (broad SMARTS) is 1. The van der Waals surface area contributed by atoms with Gasteiger partial charge in [0.25, 0.3) is 0 Å². The predicted octanol–water partition coefficient (Wildman–Crippen LogP) is 3.75. The van der Waals surface area contributed by atoms with Crippen molar-refractivity contribution in [3.8, 4) is 0 Å². The third kappa shape index (κ3) is 5.76. The lowest BCUT2D eigenvalue weighted by molar-refractivity contribution is -0.137. The molecule has 5 heteroatoms. The topological polar surface area (TPSA) is 78.4 Å². The highest BCUT2D eigenvalue weighted by atomic mass is 16.4. The fraction of sp³-hybridized carbons (Fsp3) is 0.529. The van der Waals surface area contributed by atoms with Gasteiger partial charge in [0.05, 0.1) is 0 Å². The van der Waals surface area contributed by atoms with Crippen LogP contribution in [0.2, 0.25) is 0 Å². The molecule has 2 amide bonds. The van der Waals surface area contributed by atoms with Crippen molar-refractivity contribution in [3.05, 3.63) is 29.3 Å². The number of nitrogens with one attached hydrogen (secondary N) is 2. The lowest BCUT2D eigenvalue weighted by Gasteiger charge is -2.18. The van der Waals surface area contributed by atoms with Crippen LogP contribution in [0.3, 0.4) is 0 Å². The zero-order chi connectivity index (χ0) is 16.5. The Balaban J connectivity index is 2.73. The monoisotopic (exact) mass is 306 g/mol. The summed E-state index contributed by atoms with van der Waals surface area (Å²) in [5, 5.41) is 14.2. The molecule has 0 atom stereocenters. The summed E-state index contributed by atoms with van der Waals surface area (Å²) in [7, 11) is 0. The van der Waals surface area contributed by atoms with Gasteiger partial charge in [0.2, 0.25) is 0 Å². The molecule has 1 rings (SSSR count). The van der Waals surface area contributed by atoms with E-state index in [2.05, 4.69) is 31.4 Å². The van der Waals surface area contributed by atoms with E-state index in [4.69, 9.17) is 5.11 Å². The van der Waals surface area contributed by atoms with Crippen LogP contribution in [0.4, 0.5) is 10.5 Å². The van der Waals surface area contributed by atoms with Crippen molar-refractivity contribution in [1.82, 2.24) is 5.32 Å². The van der Waals surface area contributed by atoms with E-state index in [0.717, 1.165) is 29.7 Å². The van der Waals surface area contributed by atoms with Crippen LogP contribution in [0.25, 0.3) is 0 Å². The molecule has 0 spiro atoms. The first-order valence-electron chi connectivity index (χ1n) is 7.84. The van der Waals surface area contributed by atoms with Crippen LogP contribution in [-0.4, -0.2) is 23.7 Å². The maximum absolute atomic E-state index is 12.0. The Morgan fingerprint density at radius 1 is 1.27 bits per heavy atom. The molecule has 0 unspecified atom stereocenters. The summed E-state index contributed by atoms with van der Waals surface area (Å²) in [5.41, 5.74) is 3.14. The maximum atomic E-state index is 12.0. The van der Waals surface area contributed by atoms with Gasteiger partial charge in [0.15, 0.2) is 0 Å². The summed E-state index contributed by atoms with van der Waals surface area (Å²) in [4.78, 5) is 22.5. The number of urea groups is 1. The molecule has 0 heterocycles. The molecule has 5 nitrogen and oxygen atoms in total. The Labute approximate surface area is 132 Å². The fourth-order valence-corrected chi connectivity index (χ4v) is 2.33. The van der Waals surface area contributed by atoms with Crippen LogP contribution in [0.1, 0.15) is 57.1 Å². The molecule has 1 aromatic rings. The first-order valence-corrected chi connectivity index (χ1v) is 7.84. The van der Waals surface area contributed by atoms with Gasteiger partial charge in [-0.15, -0.1) is 0 Å². The number of amides is 2. The van der Waals surface area contributed by atoms with Gasteiger partial charge in [0, 0.05) is 18.7 Å². The molecule has 1 aromatic carbocycles. The minimum Gasteiger partial charge on any atom is -0.481 e. The summed E-state index contributed by atoms with van der Waals surface area (Å²) in [6.45, 7) is 6.66. The maximum Gasteiger partial charge on any atom is 0.319 e. The van der Waals surface area contributed by atoms with Crippen LogP contribution in [0, 0.1) is 0 Å². The number of anilines is 1. The molecule has 0 bridgehead atoms. The van der Waals surface area contributed by atoms with Crippen molar-refractivity contribution in [1.29, 1.82) is 0 Å². The van der Waals surface area contributed by atoms with Crippen molar-refractivity contribution >= 4 is 17.7 Å². The molecule has 0 aliphatic heterocycles. The number of rotatable bonds is 8. The smallest absolute Gasteiger partial charge is 0.319 e. The first kappa shape index (κ1) is 18.0. The third-order valence-corrected chi connectivity index (χ3v) is 3.42. The average Bonchev–Trinajstić information content (AvgIpc) is 2.45. The SMILES string of the molecule is CCCc1cccc(C(C)C)c1NC(=O)NCCCC(=O)O. The van der Waals surface area contributed by atoms with E-state index in [0.29, 0.717) is 18.9 Å². The summed E-state index contributed by atoms with van der Waals surface area (Å²) in [5.74, 6) is -0.531. The molecular weight excluding hydrogens is 280 g/mol. The van der Waals surface area contributed by atoms with Crippen LogP contribution in [0.15, 0.2) is 18.2 Å². The standard InChI is InChI=1S/C17H26N2O3/c1-4-7-13-8-5-9-14(12(2)3)16(13)19-17(22)18-11-6-10-15(20)21/h5,8-9,12H,4,6-7,10-11H2,1-3H3,(H,20,21)(H2,18,19,22). The number of benzene rings is 1. The van der Waals surface area contributed by atoms with Gasteiger partial charge < -0.3 is 15.7 Å². The Morgan fingerprint density at radius 2 is 2.00 bits per heavy atom. The molecule has 22 heavy (non-hydrogen) atoms. The van der Waals surface area contributed by atoms with Crippen molar-refractivity contribution in [2.24, 2.45) is 0 Å². The number of aliphatic carboxylic acids is 1. The zero-order valence-corrected chi connectivity index (χ0v) is 13.6. The van der Waals surface area contributed by atoms with E-state index < -0.39 is 5.97 Å². The van der Waals surface area contributed by atoms with Gasteiger partial charge in [-0.2, -0.15) is 0 Å². The average molecular weight is 306 g/mol. The minimum atomic E-state index is -0.849. The second-order valence-electron chi connectivity index (χ2n) is 5.66. The third-order valence-electron chi connectivity index (χ3n) is 3.42. The molecule has 0 saturated carbocycles. The van der Waals surface area contributed by atoms with Gasteiger partial charge in [-0.3, -0.25) is 4.79 Å². The van der Waals surface area contributed by atoms with Crippen molar-refractivity contribution in [2.75, 3.05) is 11.9 Å². The van der Waals surface area contributed by atoms with Gasteiger partial charge in [0.1, 0.15) is 0 Å². The van der Waals surface area contributed by atoms with E-state index in [1.807, 2.05) is 18.2 Å². The number of carbonyl (C=O) groups excluding carboxylic acids is 1. The number of hydrogen-bond donors (Lipinski definition) is 3. The first-order chi connectivity index (χ1) is 10.5. The van der Waals surface area contributed by atoms with Crippen LogP contribution < -0.4 is 10.6 Å². The molecule has 0 fully saturated rings. The van der Waals surface area contributed by atoms with Crippen molar-refractivity contribution < 1.29 is 14.7 Å². The molecule has 0 aliphatic carbocycles. The number of para-hydroxylation sites is 1. The lowest BCUT2D eigenvalue weighted by atomic mass is 9.96. The van der Waals surface area contributed by atoms with E-state index >= 15 is 0 Å². The molecule has 0 aromatic heterocycles. The highest BCUT2D eigenvalue weighted by molar-refractivity contribution is 5.91. The Morgan fingerprint density at radius 3 is 2.59 bits per heavy atom. The number of hydrogen-bond acceptors (Lipinski definition) is 2. The molecule has 3 N–H and O–H groups in total. The van der Waals surface area contributed by atoms with E-state index in [9.17, 15) is 9.59 Å². The fourth-order valence-electron chi connectivity index (χ4n) is 2.33. The van der Waals surface area contributed by atoms with Gasteiger partial charge in [-0.25, -0.2) is 4.79 Å². The summed E-state index contributed by atoms with van der Waals surface area (Å²) < 4.78 is 0. The summed E-state index contributed by atoms with van der Waals surface area (Å²) in [6.07, 6.45) is 2.41. The van der Waals surface area contributed by atoms with Crippen LogP contribution in [0.5, 0.6) is 0 Å². The van der Waals surface area contributed by atoms with Gasteiger partial charge in [-0.1, -0.05) is 45.4 Å². The summed E-state index contributed by atoms with van der Waals surface area (Å²) in [6, 6.07) is 5.81. The summed E-state index contributed by atoms with van der Waals surface area (Å²) >= 11 is 0. The minimum absolute atomic E-state index is 0.0595. The Hall–Kier alpha value is -2.04. The molecule has 0 saturated heterocycles. The van der Waals surface area contributed by atoms with Crippen LogP contribution >= 0.6 is 0 Å². The highest BCUT2D eigenvalue weighted by Crippen LogP contribution is 2.28. The Bertz CT molecular complexity index is 513. The number of carbonyl (C=O) groups is 2. The van der Waals surface area contributed by atoms with Gasteiger partial charge >= 0.3 is 12.0 Å². The normalized spacial score (nSPS) is 10.5. The lowest BCUT2D eigenvalue weighted by Crippen LogP contribution is -2.30. The molecule has 0 aliphatic rings. The van der Waals surface area contributed by atoms with E-state index in [-0.39, 0.29) is 12.5 Å². The quantitative estimate of drug-likeness (QED) is 0.640. The van der Waals surface area contributed by atoms with Crippen LogP contribution in [-0.2, 0) is 11.2 Å². The predicted molar refractivity (Wildman–Crippen MR) is 88.4 cm³/mol. The largest absolute Gasteiger partial charge is 0.481 e. The van der Waals surface area contributed by atoms with E-state index in [1.165, 1.54) is 0 Å². The van der Waals surface area contributed by atoms with Crippen molar-refractivity contribution in [3.63, 3.8) is 0 Å². The van der Waals surface area contributed by atoms with E-state index in [1.54, 1.807) is 0 Å². The number of aryl methyl sites for hydroxylation is 1. The second kappa shape index (κ2) is 9.07. The molecular formula is C17H26N2O3. The second-order valence-corrected chi connectivity index (χ2v) is 5.66.